The van der Waals surface area contributed by atoms with Crippen LogP contribution >= 0.6 is 0 Å². The normalized spacial score (nSPS) is 21.8. The molecule has 0 amide bonds. The van der Waals surface area contributed by atoms with Gasteiger partial charge in [0.2, 0.25) is 0 Å². The summed E-state index contributed by atoms with van der Waals surface area (Å²) in [5, 5.41) is 8.98. The van der Waals surface area contributed by atoms with Gasteiger partial charge in [-0.15, -0.1) is 0 Å². The Morgan fingerprint density at radius 1 is 1.19 bits per heavy atom. The van der Waals surface area contributed by atoms with Gasteiger partial charge in [-0.05, 0) is 61.9 Å². The topological polar surface area (TPSA) is 40.5 Å². The van der Waals surface area contributed by atoms with Crippen molar-refractivity contribution in [3.05, 3.63) is 35.1 Å². The highest BCUT2D eigenvalue weighted by Crippen LogP contribution is 2.46. The van der Waals surface area contributed by atoms with Gasteiger partial charge in [0.15, 0.2) is 0 Å². The Morgan fingerprint density at radius 2 is 1.86 bits per heavy atom. The lowest BCUT2D eigenvalue weighted by molar-refractivity contribution is 0.0691. The second-order valence-corrected chi connectivity index (χ2v) is 6.60. The van der Waals surface area contributed by atoms with Crippen LogP contribution in [0.25, 0.3) is 0 Å². The zero-order chi connectivity index (χ0) is 14.9. The summed E-state index contributed by atoms with van der Waals surface area (Å²) in [5.74, 6) is -1.85. The molecule has 3 nitrogen and oxygen atoms in total. The molecule has 2 fully saturated rings. The van der Waals surface area contributed by atoms with Crippen LogP contribution in [0.5, 0.6) is 0 Å². The van der Waals surface area contributed by atoms with E-state index >= 15 is 0 Å². The molecule has 0 radical (unpaired) electrons. The fraction of sp³-hybridized carbons (Fsp3) is 0.588. The third-order valence-corrected chi connectivity index (χ3v) is 5.25. The van der Waals surface area contributed by atoms with Crippen molar-refractivity contribution in [3.63, 3.8) is 0 Å². The first-order valence-electron chi connectivity index (χ1n) is 7.82. The van der Waals surface area contributed by atoms with Crippen molar-refractivity contribution in [1.29, 1.82) is 0 Å². The molecule has 1 N–H and O–H groups in total. The van der Waals surface area contributed by atoms with E-state index in [-0.39, 0.29) is 5.56 Å². The van der Waals surface area contributed by atoms with Gasteiger partial charge in [-0.25, -0.2) is 9.18 Å². The summed E-state index contributed by atoms with van der Waals surface area (Å²) < 4.78 is 13.4. The second-order valence-electron chi connectivity index (χ2n) is 6.60. The van der Waals surface area contributed by atoms with Gasteiger partial charge in [-0.3, -0.25) is 4.90 Å². The van der Waals surface area contributed by atoms with E-state index in [4.69, 9.17) is 5.11 Å². The van der Waals surface area contributed by atoms with Gasteiger partial charge >= 0.3 is 5.97 Å². The number of likely N-dealkylation sites (tertiary alicyclic amines) is 1. The Bertz CT molecular complexity index is 528. The third-order valence-electron chi connectivity index (χ3n) is 5.25. The minimum Gasteiger partial charge on any atom is -0.478 e. The first-order chi connectivity index (χ1) is 10.1. The molecular formula is C17H22FNO2. The summed E-state index contributed by atoms with van der Waals surface area (Å²) in [6, 6.07) is 4.43. The Hall–Kier alpha value is -1.42. The maximum Gasteiger partial charge on any atom is 0.338 e. The van der Waals surface area contributed by atoms with E-state index in [9.17, 15) is 9.18 Å². The van der Waals surface area contributed by atoms with Crippen LogP contribution in [0.4, 0.5) is 4.39 Å². The number of carboxylic acids is 1. The molecule has 0 atom stereocenters. The van der Waals surface area contributed by atoms with Crippen molar-refractivity contribution in [1.82, 2.24) is 4.90 Å². The molecule has 4 heteroatoms. The van der Waals surface area contributed by atoms with Gasteiger partial charge < -0.3 is 5.11 Å². The van der Waals surface area contributed by atoms with Gasteiger partial charge in [-0.2, -0.15) is 0 Å². The van der Waals surface area contributed by atoms with Gasteiger partial charge in [-0.1, -0.05) is 18.9 Å². The molecule has 1 saturated carbocycles. The van der Waals surface area contributed by atoms with E-state index in [1.807, 2.05) is 0 Å². The first-order valence-corrected chi connectivity index (χ1v) is 7.82. The first kappa shape index (κ1) is 14.5. The van der Waals surface area contributed by atoms with Crippen LogP contribution in [-0.2, 0) is 6.54 Å². The molecule has 3 rings (SSSR count). The fourth-order valence-corrected chi connectivity index (χ4v) is 3.90. The van der Waals surface area contributed by atoms with Gasteiger partial charge in [0.25, 0.3) is 0 Å². The molecule has 0 aromatic heterocycles. The number of benzene rings is 1. The standard InChI is InChI=1S/C17H22FNO2/c18-15-4-3-13(11-14(15)16(20)21)12-19-9-7-17(8-10-19)5-1-2-6-17/h3-4,11H,1-2,5-10,12H2,(H,20,21). The van der Waals surface area contributed by atoms with E-state index in [0.717, 1.165) is 25.2 Å². The minimum atomic E-state index is -1.20. The molecule has 1 aromatic carbocycles. The zero-order valence-corrected chi connectivity index (χ0v) is 12.3. The summed E-state index contributed by atoms with van der Waals surface area (Å²) >= 11 is 0. The van der Waals surface area contributed by atoms with E-state index in [1.165, 1.54) is 50.7 Å². The van der Waals surface area contributed by atoms with E-state index < -0.39 is 11.8 Å². The SMILES string of the molecule is O=C(O)c1cc(CN2CCC3(CCCC3)CC2)ccc1F. The van der Waals surface area contributed by atoms with E-state index in [1.54, 1.807) is 6.07 Å². The second kappa shape index (κ2) is 5.76. The van der Waals surface area contributed by atoms with E-state index in [2.05, 4.69) is 4.90 Å². The van der Waals surface area contributed by atoms with Crippen LogP contribution in [0, 0.1) is 11.2 Å². The van der Waals surface area contributed by atoms with Crippen molar-refractivity contribution in [2.45, 2.75) is 45.1 Å². The zero-order valence-electron chi connectivity index (χ0n) is 12.3. The molecule has 1 aromatic rings. The number of carboxylic acid groups (broad SMARTS) is 1. The number of halogens is 1. The van der Waals surface area contributed by atoms with Crippen LogP contribution in [-0.4, -0.2) is 29.1 Å². The Labute approximate surface area is 124 Å². The third kappa shape index (κ3) is 3.10. The van der Waals surface area contributed by atoms with Crippen molar-refractivity contribution in [3.8, 4) is 0 Å². The molecule has 1 aliphatic carbocycles. The highest BCUT2D eigenvalue weighted by Gasteiger charge is 2.36. The number of rotatable bonds is 3. The highest BCUT2D eigenvalue weighted by atomic mass is 19.1. The summed E-state index contributed by atoms with van der Waals surface area (Å²) in [5.41, 5.74) is 1.25. The van der Waals surface area contributed by atoms with Gasteiger partial charge in [0.1, 0.15) is 5.82 Å². The van der Waals surface area contributed by atoms with Crippen LogP contribution in [0.3, 0.4) is 0 Å². The Balaban J connectivity index is 1.63. The van der Waals surface area contributed by atoms with Crippen LogP contribution in [0.15, 0.2) is 18.2 Å². The number of carbonyl (C=O) groups is 1. The average molecular weight is 291 g/mol. The quantitative estimate of drug-likeness (QED) is 0.923. The molecule has 1 saturated heterocycles. The smallest absolute Gasteiger partial charge is 0.338 e. The fourth-order valence-electron chi connectivity index (χ4n) is 3.90. The summed E-state index contributed by atoms with van der Waals surface area (Å²) in [6.07, 6.45) is 8.00. The molecule has 0 unspecified atom stereocenters. The lowest BCUT2D eigenvalue weighted by Gasteiger charge is -2.39. The summed E-state index contributed by atoms with van der Waals surface area (Å²) in [4.78, 5) is 13.3. The Morgan fingerprint density at radius 3 is 2.48 bits per heavy atom. The van der Waals surface area contributed by atoms with Crippen molar-refractivity contribution < 1.29 is 14.3 Å². The molecule has 21 heavy (non-hydrogen) atoms. The Kier molecular flexibility index (Phi) is 3.98. The van der Waals surface area contributed by atoms with Crippen molar-refractivity contribution >= 4 is 5.97 Å². The number of hydrogen-bond donors (Lipinski definition) is 1. The van der Waals surface area contributed by atoms with Gasteiger partial charge in [0, 0.05) is 6.54 Å². The molecule has 1 aliphatic heterocycles. The molecule has 1 spiro atoms. The average Bonchev–Trinajstić information content (AvgIpc) is 2.92. The molecule has 1 heterocycles. The maximum absolute atomic E-state index is 13.4. The molecule has 114 valence electrons. The van der Waals surface area contributed by atoms with Crippen molar-refractivity contribution in [2.75, 3.05) is 13.1 Å². The molecular weight excluding hydrogens is 269 g/mol. The lowest BCUT2D eigenvalue weighted by atomic mass is 9.77. The van der Waals surface area contributed by atoms with Gasteiger partial charge in [0.05, 0.1) is 5.56 Å². The molecule has 2 aliphatic rings. The van der Waals surface area contributed by atoms with Crippen LogP contribution < -0.4 is 0 Å². The number of hydrogen-bond acceptors (Lipinski definition) is 2. The number of aromatic carboxylic acids is 1. The molecule has 0 bridgehead atoms. The predicted octanol–water partition coefficient (Wildman–Crippen LogP) is 3.68. The van der Waals surface area contributed by atoms with Crippen molar-refractivity contribution in [2.24, 2.45) is 5.41 Å². The number of piperidine rings is 1. The largest absolute Gasteiger partial charge is 0.478 e. The summed E-state index contributed by atoms with van der Waals surface area (Å²) in [7, 11) is 0. The number of nitrogens with zero attached hydrogens (tertiary/aromatic N) is 1. The minimum absolute atomic E-state index is 0.225. The maximum atomic E-state index is 13.4. The summed E-state index contributed by atoms with van der Waals surface area (Å²) in [6.45, 7) is 2.86. The highest BCUT2D eigenvalue weighted by molar-refractivity contribution is 5.88. The lowest BCUT2D eigenvalue weighted by Crippen LogP contribution is -2.38. The monoisotopic (exact) mass is 291 g/mol. The van der Waals surface area contributed by atoms with Crippen LogP contribution in [0.1, 0.15) is 54.4 Å². The predicted molar refractivity (Wildman–Crippen MR) is 78.8 cm³/mol. The van der Waals surface area contributed by atoms with E-state index in [0.29, 0.717) is 5.41 Å². The van der Waals surface area contributed by atoms with Crippen LogP contribution in [0.2, 0.25) is 0 Å².